The molecule has 3 aromatic heterocycles. The van der Waals surface area contributed by atoms with Crippen molar-refractivity contribution in [3.8, 4) is 5.82 Å². The molecule has 0 spiro atoms. The van der Waals surface area contributed by atoms with Crippen molar-refractivity contribution >= 4 is 22.5 Å². The molecule has 2 fully saturated rings. The minimum atomic E-state index is -0.139. The summed E-state index contributed by atoms with van der Waals surface area (Å²) in [5.41, 5.74) is 2.79. The van der Waals surface area contributed by atoms with Crippen molar-refractivity contribution in [3.05, 3.63) is 52.8 Å². The molecule has 2 aliphatic heterocycles. The Labute approximate surface area is 189 Å². The van der Waals surface area contributed by atoms with Crippen LogP contribution in [0.4, 0.5) is 0 Å². The van der Waals surface area contributed by atoms with Crippen molar-refractivity contribution in [1.29, 1.82) is 0 Å². The summed E-state index contributed by atoms with van der Waals surface area (Å²) in [6, 6.07) is 7.64. The Morgan fingerprint density at radius 2 is 2.00 bits per heavy atom. The maximum atomic E-state index is 14.0. The summed E-state index contributed by atoms with van der Waals surface area (Å²) < 4.78 is 11.1. The van der Waals surface area contributed by atoms with Gasteiger partial charge in [-0.3, -0.25) is 18.6 Å². The minimum Gasteiger partial charge on any atom is -0.376 e. The topological polar surface area (TPSA) is 99.6 Å². The third-order valence-corrected chi connectivity index (χ3v) is 7.01. The number of rotatable bonds is 3. The molecule has 10 heteroatoms. The second-order valence-corrected chi connectivity index (χ2v) is 8.82. The van der Waals surface area contributed by atoms with Gasteiger partial charge in [-0.05, 0) is 38.3 Å². The number of hydrogen-bond acceptors (Lipinski definition) is 6. The Hall–Kier alpha value is -3.53. The van der Waals surface area contributed by atoms with Gasteiger partial charge in [-0.15, -0.1) is 5.10 Å². The first-order valence-electron chi connectivity index (χ1n) is 11.4. The smallest absolute Gasteiger partial charge is 0.279 e. The average molecular weight is 447 g/mol. The van der Waals surface area contributed by atoms with E-state index >= 15 is 0 Å². The number of likely N-dealkylation sites (tertiary alicyclic amines) is 1. The Kier molecular flexibility index (Phi) is 4.58. The maximum Gasteiger partial charge on any atom is 0.279 e. The van der Waals surface area contributed by atoms with E-state index in [2.05, 4.69) is 15.3 Å². The number of amides is 1. The molecule has 3 atom stereocenters. The minimum absolute atomic E-state index is 0.0171. The van der Waals surface area contributed by atoms with Crippen molar-refractivity contribution in [2.45, 2.75) is 51.3 Å². The lowest BCUT2D eigenvalue weighted by Gasteiger charge is -2.23. The van der Waals surface area contributed by atoms with Gasteiger partial charge in [0, 0.05) is 20.1 Å². The van der Waals surface area contributed by atoms with Gasteiger partial charge in [-0.25, -0.2) is 4.98 Å². The fraction of sp³-hybridized carbons (Fsp3) is 0.435. The number of carbonyl (C=O) groups excluding carboxylic acids is 1. The number of nitrogens with zero attached hydrogens (tertiary/aromatic N) is 7. The van der Waals surface area contributed by atoms with Crippen molar-refractivity contribution in [2.75, 3.05) is 13.2 Å². The Morgan fingerprint density at radius 3 is 2.76 bits per heavy atom. The summed E-state index contributed by atoms with van der Waals surface area (Å²) in [5, 5.41) is 8.41. The van der Waals surface area contributed by atoms with E-state index in [-0.39, 0.29) is 29.7 Å². The van der Waals surface area contributed by atoms with Crippen LogP contribution >= 0.6 is 0 Å². The summed E-state index contributed by atoms with van der Waals surface area (Å²) >= 11 is 0. The first-order chi connectivity index (χ1) is 16.1. The highest BCUT2D eigenvalue weighted by Crippen LogP contribution is 2.33. The molecule has 1 aromatic carbocycles. The number of aromatic nitrogens is 6. The normalized spacial score (nSPS) is 23.2. The van der Waals surface area contributed by atoms with E-state index < -0.39 is 0 Å². The molecule has 2 aliphatic rings. The van der Waals surface area contributed by atoms with Crippen LogP contribution in [0.15, 0.2) is 41.6 Å². The molecule has 0 aliphatic carbocycles. The van der Waals surface area contributed by atoms with Crippen LogP contribution in [0.25, 0.3) is 22.4 Å². The van der Waals surface area contributed by atoms with Gasteiger partial charge in [0.25, 0.3) is 5.56 Å². The van der Waals surface area contributed by atoms with Crippen LogP contribution in [-0.4, -0.2) is 59.0 Å². The van der Waals surface area contributed by atoms with Crippen LogP contribution in [-0.2, 0) is 9.53 Å². The van der Waals surface area contributed by atoms with Crippen LogP contribution in [0.3, 0.4) is 0 Å². The number of benzene rings is 1. The van der Waals surface area contributed by atoms with Gasteiger partial charge in [0.2, 0.25) is 5.91 Å². The molecule has 3 unspecified atom stereocenters. The summed E-state index contributed by atoms with van der Waals surface area (Å²) in [5.74, 6) is 0.442. The molecule has 0 radical (unpaired) electrons. The monoisotopic (exact) mass is 447 g/mol. The zero-order chi connectivity index (χ0) is 22.7. The van der Waals surface area contributed by atoms with E-state index in [9.17, 15) is 9.59 Å². The van der Waals surface area contributed by atoms with Crippen molar-refractivity contribution in [1.82, 2.24) is 33.8 Å². The van der Waals surface area contributed by atoms with Crippen LogP contribution in [0.1, 0.15) is 50.9 Å². The highest BCUT2D eigenvalue weighted by Gasteiger charge is 2.33. The predicted molar refractivity (Wildman–Crippen MR) is 120 cm³/mol. The average Bonchev–Trinajstić information content (AvgIpc) is 3.59. The predicted octanol–water partition coefficient (Wildman–Crippen LogP) is 2.26. The summed E-state index contributed by atoms with van der Waals surface area (Å²) in [7, 11) is 0. The van der Waals surface area contributed by atoms with E-state index in [4.69, 9.17) is 4.74 Å². The lowest BCUT2D eigenvalue weighted by Crippen LogP contribution is -2.31. The molecule has 4 aromatic rings. The molecule has 10 nitrogen and oxygen atoms in total. The van der Waals surface area contributed by atoms with Crippen molar-refractivity contribution in [3.63, 3.8) is 0 Å². The summed E-state index contributed by atoms with van der Waals surface area (Å²) in [4.78, 5) is 32.6. The molecule has 33 heavy (non-hydrogen) atoms. The van der Waals surface area contributed by atoms with Crippen LogP contribution in [0.2, 0.25) is 0 Å². The number of para-hydroxylation sites is 2. The Balaban J connectivity index is 1.60. The first kappa shape index (κ1) is 20.1. The van der Waals surface area contributed by atoms with Crippen molar-refractivity contribution < 1.29 is 9.53 Å². The zero-order valence-electron chi connectivity index (χ0n) is 18.6. The van der Waals surface area contributed by atoms with E-state index in [1.165, 1.54) is 0 Å². The highest BCUT2D eigenvalue weighted by molar-refractivity contribution is 5.81. The number of ether oxygens (including phenoxy) is 1. The first-order valence-corrected chi connectivity index (χ1v) is 11.4. The number of fused-ring (bicyclic) bond motifs is 3. The molecular weight excluding hydrogens is 422 g/mol. The number of imidazole rings is 1. The van der Waals surface area contributed by atoms with Gasteiger partial charge in [-0.1, -0.05) is 17.3 Å². The third kappa shape index (κ3) is 2.93. The molecule has 6 rings (SSSR count). The molecule has 1 amide bonds. The van der Waals surface area contributed by atoms with Gasteiger partial charge in [0.15, 0.2) is 11.3 Å². The van der Waals surface area contributed by atoms with E-state index in [0.717, 1.165) is 36.0 Å². The van der Waals surface area contributed by atoms with E-state index in [0.29, 0.717) is 24.5 Å². The highest BCUT2D eigenvalue weighted by atomic mass is 16.5. The second kappa shape index (κ2) is 7.51. The number of hydrogen-bond donors (Lipinski definition) is 0. The zero-order valence-corrected chi connectivity index (χ0v) is 18.6. The maximum absolute atomic E-state index is 14.0. The lowest BCUT2D eigenvalue weighted by atomic mass is 10.1. The Bertz CT molecular complexity index is 1440. The lowest BCUT2D eigenvalue weighted by molar-refractivity contribution is -0.129. The fourth-order valence-corrected chi connectivity index (χ4v) is 5.45. The second-order valence-electron chi connectivity index (χ2n) is 8.82. The van der Waals surface area contributed by atoms with Gasteiger partial charge >= 0.3 is 0 Å². The van der Waals surface area contributed by atoms with Gasteiger partial charge in [0.05, 0.1) is 41.1 Å². The van der Waals surface area contributed by atoms with Crippen LogP contribution in [0, 0.1) is 0 Å². The Morgan fingerprint density at radius 1 is 1.18 bits per heavy atom. The summed E-state index contributed by atoms with van der Waals surface area (Å²) in [6.07, 6.45) is 5.78. The molecule has 0 saturated carbocycles. The molecule has 0 bridgehead atoms. The fourth-order valence-electron chi connectivity index (χ4n) is 5.45. The quantitative estimate of drug-likeness (QED) is 0.478. The van der Waals surface area contributed by atoms with Crippen LogP contribution < -0.4 is 5.56 Å². The van der Waals surface area contributed by atoms with E-state index in [1.54, 1.807) is 24.1 Å². The molecule has 5 heterocycles. The largest absolute Gasteiger partial charge is 0.376 e. The molecular formula is C23H25N7O3. The van der Waals surface area contributed by atoms with Crippen LogP contribution in [0.5, 0.6) is 0 Å². The van der Waals surface area contributed by atoms with Gasteiger partial charge in [-0.2, -0.15) is 4.68 Å². The number of carbonyl (C=O) groups is 1. The molecule has 2 saturated heterocycles. The molecule has 0 N–H and O–H groups in total. The van der Waals surface area contributed by atoms with Gasteiger partial charge < -0.3 is 9.64 Å². The third-order valence-electron chi connectivity index (χ3n) is 7.01. The summed E-state index contributed by atoms with van der Waals surface area (Å²) in [6.45, 7) is 4.91. The standard InChI is InChI=1S/C23H25N7O3/c1-14-16(9-11-33-14)29-19-7-4-3-6-17(19)28-13-24-22(21(28)23(29)32)30-20(12-25-26-30)18-8-5-10-27(18)15(2)31/h3-4,6-7,12-14,16,18H,5,8-11H2,1-2H3. The van der Waals surface area contributed by atoms with Crippen molar-refractivity contribution in [2.24, 2.45) is 0 Å². The van der Waals surface area contributed by atoms with E-state index in [1.807, 2.05) is 45.1 Å². The van der Waals surface area contributed by atoms with Gasteiger partial charge in [0.1, 0.15) is 6.33 Å². The molecule has 170 valence electrons. The SMILES string of the molecule is CC(=O)N1CCCC1c1cnnn1-c1ncn2c1c(=O)n(C1CCOC1C)c1ccccc12.